The third kappa shape index (κ3) is 8.28. The molecule has 0 fully saturated rings. The number of fused-ring (bicyclic) bond motifs is 5. The molecule has 0 saturated carbocycles. The number of anilines is 2. The van der Waals surface area contributed by atoms with Crippen molar-refractivity contribution in [3.63, 3.8) is 0 Å². The number of nitrogens with zero attached hydrogens (tertiary/aromatic N) is 3. The molecule has 4 nitrogen and oxygen atoms in total. The van der Waals surface area contributed by atoms with Gasteiger partial charge in [0.25, 0.3) is 0 Å². The summed E-state index contributed by atoms with van der Waals surface area (Å²) in [5.41, 5.74) is 17.9. The monoisotopic (exact) mass is 868 g/mol. The molecule has 6 aromatic carbocycles. The maximum absolute atomic E-state index is 8.87. The minimum atomic E-state index is -0.417. The van der Waals surface area contributed by atoms with Gasteiger partial charge in [0, 0.05) is 62.3 Å². The summed E-state index contributed by atoms with van der Waals surface area (Å²) in [6.45, 7) is 16.4. The second-order valence-electron chi connectivity index (χ2n) is 17.2. The molecule has 0 atom stereocenters. The molecule has 1 aliphatic heterocycles. The van der Waals surface area contributed by atoms with E-state index < -0.39 is 5.41 Å². The molecule has 1 N–H and O–H groups in total. The van der Waals surface area contributed by atoms with Crippen LogP contribution in [0.2, 0.25) is 0 Å². The summed E-state index contributed by atoms with van der Waals surface area (Å²) < 4.78 is 2.51. The van der Waals surface area contributed by atoms with Gasteiger partial charge in [0.2, 0.25) is 0 Å². The maximum Gasteiger partial charge on any atom is 0.0702 e. The zero-order valence-electron chi connectivity index (χ0n) is 38.9. The van der Waals surface area contributed by atoms with Gasteiger partial charge in [0.05, 0.1) is 22.4 Å². The third-order valence-electron chi connectivity index (χ3n) is 12.9. The van der Waals surface area contributed by atoms with Crippen LogP contribution < -0.4 is 4.90 Å². The molecule has 0 bridgehead atoms. The topological polar surface area (TPSA) is 44.9 Å². The second kappa shape index (κ2) is 19.2. The van der Waals surface area contributed by atoms with Gasteiger partial charge in [0.15, 0.2) is 0 Å². The van der Waals surface area contributed by atoms with Crippen LogP contribution in [0.1, 0.15) is 57.2 Å². The van der Waals surface area contributed by atoms with Gasteiger partial charge in [-0.3, -0.25) is 4.98 Å². The number of hydrogen-bond donors (Lipinski definition) is 1. The summed E-state index contributed by atoms with van der Waals surface area (Å²) in [6.07, 6.45) is 23.9. The Morgan fingerprint density at radius 3 is 2.10 bits per heavy atom. The Morgan fingerprint density at radius 2 is 1.40 bits per heavy atom. The zero-order chi connectivity index (χ0) is 46.5. The van der Waals surface area contributed by atoms with Gasteiger partial charge in [-0.15, -0.1) is 0 Å². The Morgan fingerprint density at radius 1 is 0.672 bits per heavy atom. The first-order valence-electron chi connectivity index (χ1n) is 23.3. The standard InChI is InChI=1S/C61H50N4.C2H6/c1-5-7-28-54(62)45(20-6-2)35-37-64-56-33-31-46(55-29-17-18-36-63-55)40-52(56)61(3,4)53-41-48(32-34-57(53)64)65-58-30-19-27-49(43-23-13-9-14-24-43)59(58)51-39-47(42-21-11-8-12-22-42)38-50(60(51)65)44-25-15-10-16-26-44;1-2/h5-8,10-13,15-41,62H,1-2,9,14H2,3-4H3;1-2H3/b28-7-,37-35-,45-20+,62-54?;. The smallest absolute Gasteiger partial charge is 0.0702 e. The van der Waals surface area contributed by atoms with Crippen molar-refractivity contribution in [2.75, 3.05) is 4.90 Å². The van der Waals surface area contributed by atoms with Gasteiger partial charge in [-0.25, -0.2) is 0 Å². The van der Waals surface area contributed by atoms with Crippen LogP contribution in [0.3, 0.4) is 0 Å². The molecular weight excluding hydrogens is 813 g/mol. The molecule has 2 aromatic heterocycles. The van der Waals surface area contributed by atoms with Crippen LogP contribution in [0.5, 0.6) is 0 Å². The van der Waals surface area contributed by atoms with Crippen LogP contribution in [-0.4, -0.2) is 15.3 Å². The highest BCUT2D eigenvalue weighted by Crippen LogP contribution is 2.52. The molecule has 0 unspecified atom stereocenters. The summed E-state index contributed by atoms with van der Waals surface area (Å²) >= 11 is 0. The van der Waals surface area contributed by atoms with E-state index in [9.17, 15) is 0 Å². The number of hydrogen-bond acceptors (Lipinski definition) is 3. The molecule has 328 valence electrons. The fourth-order valence-electron chi connectivity index (χ4n) is 9.68. The average Bonchev–Trinajstić information content (AvgIpc) is 3.73. The first-order chi connectivity index (χ1) is 32.9. The summed E-state index contributed by atoms with van der Waals surface area (Å²) in [5.74, 6) is 0. The summed E-state index contributed by atoms with van der Waals surface area (Å²) in [5, 5.41) is 11.3. The highest BCUT2D eigenvalue weighted by molar-refractivity contribution is 6.19. The van der Waals surface area contributed by atoms with Crippen molar-refractivity contribution < 1.29 is 0 Å². The van der Waals surface area contributed by atoms with Crippen LogP contribution >= 0.6 is 0 Å². The minimum absolute atomic E-state index is 0.370. The van der Waals surface area contributed by atoms with Crippen LogP contribution in [0.15, 0.2) is 231 Å². The fraction of sp³-hybridized carbons (Fsp3) is 0.111. The number of pyridine rings is 1. The van der Waals surface area contributed by atoms with E-state index in [0.717, 1.165) is 52.3 Å². The molecule has 4 heteroatoms. The van der Waals surface area contributed by atoms with Crippen molar-refractivity contribution in [2.45, 2.75) is 46.0 Å². The average molecular weight is 869 g/mol. The second-order valence-corrected chi connectivity index (χ2v) is 17.2. The quantitative estimate of drug-likeness (QED) is 0.104. The van der Waals surface area contributed by atoms with Crippen molar-refractivity contribution in [2.24, 2.45) is 0 Å². The molecule has 0 radical (unpaired) electrons. The zero-order valence-corrected chi connectivity index (χ0v) is 38.9. The molecule has 0 spiro atoms. The van der Waals surface area contributed by atoms with E-state index in [4.69, 9.17) is 10.4 Å². The normalized spacial score (nSPS) is 14.1. The predicted octanol–water partition coefficient (Wildman–Crippen LogP) is 17.1. The lowest BCUT2D eigenvalue weighted by Gasteiger charge is -2.41. The van der Waals surface area contributed by atoms with Crippen LogP contribution in [0.25, 0.3) is 66.6 Å². The Labute approximate surface area is 395 Å². The van der Waals surface area contributed by atoms with E-state index in [0.29, 0.717) is 5.71 Å². The van der Waals surface area contributed by atoms with Crippen molar-refractivity contribution in [3.05, 3.63) is 248 Å². The summed E-state index contributed by atoms with van der Waals surface area (Å²) in [7, 11) is 0. The van der Waals surface area contributed by atoms with E-state index in [1.54, 1.807) is 24.3 Å². The molecule has 2 aliphatic rings. The van der Waals surface area contributed by atoms with Gasteiger partial charge >= 0.3 is 0 Å². The van der Waals surface area contributed by atoms with E-state index in [1.165, 1.54) is 60.8 Å². The van der Waals surface area contributed by atoms with Crippen LogP contribution in [0, 0.1) is 5.41 Å². The Kier molecular flexibility index (Phi) is 12.6. The Balaban J connectivity index is 0.00000278. The van der Waals surface area contributed by atoms with Crippen molar-refractivity contribution in [3.8, 4) is 39.2 Å². The molecule has 0 amide bonds. The van der Waals surface area contributed by atoms with Crippen molar-refractivity contribution in [1.29, 1.82) is 5.41 Å². The fourth-order valence-corrected chi connectivity index (χ4v) is 9.68. The SMILES string of the molecule is C=C/C=C\C(=N)C(/C=C\N1c2ccc(-c3ccccn3)cc2C(C)(C)c2cc(-n3c4cccc(C5=CCCC=C5)c4c4cc(-c5ccccc5)cc(-c5ccccc5)c43)ccc21)=C/C=C.CC. The lowest BCUT2D eigenvalue weighted by Crippen LogP contribution is -2.30. The van der Waals surface area contributed by atoms with Crippen molar-refractivity contribution in [1.82, 2.24) is 9.55 Å². The van der Waals surface area contributed by atoms with E-state index in [1.807, 2.05) is 44.3 Å². The Hall–Kier alpha value is -8.08. The van der Waals surface area contributed by atoms with E-state index >= 15 is 0 Å². The Bertz CT molecular complexity index is 3320. The van der Waals surface area contributed by atoms with Gasteiger partial charge in [-0.1, -0.05) is 168 Å². The van der Waals surface area contributed by atoms with E-state index in [2.05, 4.69) is 194 Å². The number of benzene rings is 6. The maximum atomic E-state index is 8.87. The van der Waals surface area contributed by atoms with Gasteiger partial charge in [-0.05, 0) is 125 Å². The van der Waals surface area contributed by atoms with Crippen molar-refractivity contribution >= 4 is 44.5 Å². The lowest BCUT2D eigenvalue weighted by atomic mass is 9.73. The molecule has 10 rings (SSSR count). The molecule has 8 aromatic rings. The minimum Gasteiger partial charge on any atom is -0.317 e. The molecule has 3 heterocycles. The van der Waals surface area contributed by atoms with Gasteiger partial charge in [-0.2, -0.15) is 0 Å². The third-order valence-corrected chi connectivity index (χ3v) is 12.9. The molecular formula is C63H56N4. The first kappa shape index (κ1) is 44.1. The lowest BCUT2D eigenvalue weighted by molar-refractivity contribution is 0.631. The largest absolute Gasteiger partial charge is 0.317 e. The van der Waals surface area contributed by atoms with Gasteiger partial charge in [0.1, 0.15) is 0 Å². The number of nitrogens with one attached hydrogen (secondary N) is 1. The molecule has 1 aliphatic carbocycles. The highest BCUT2D eigenvalue weighted by Gasteiger charge is 2.37. The predicted molar refractivity (Wildman–Crippen MR) is 288 cm³/mol. The highest BCUT2D eigenvalue weighted by atomic mass is 15.1. The van der Waals surface area contributed by atoms with E-state index in [-0.39, 0.29) is 0 Å². The number of allylic oxidation sites excluding steroid dienone is 11. The summed E-state index contributed by atoms with van der Waals surface area (Å²) in [4.78, 5) is 7.02. The van der Waals surface area contributed by atoms with Gasteiger partial charge < -0.3 is 14.9 Å². The number of aromatic nitrogens is 2. The number of rotatable bonds is 11. The van der Waals surface area contributed by atoms with Crippen LogP contribution in [-0.2, 0) is 5.41 Å². The molecule has 0 saturated heterocycles. The van der Waals surface area contributed by atoms with Crippen LogP contribution in [0.4, 0.5) is 11.4 Å². The molecule has 67 heavy (non-hydrogen) atoms. The first-order valence-corrected chi connectivity index (χ1v) is 23.3. The summed E-state index contributed by atoms with van der Waals surface area (Å²) in [6, 6.07) is 52.9.